The summed E-state index contributed by atoms with van der Waals surface area (Å²) in [6, 6.07) is 11.0. The lowest BCUT2D eigenvalue weighted by atomic mass is 10.1. The van der Waals surface area contributed by atoms with Crippen molar-refractivity contribution < 1.29 is 9.32 Å². The molecule has 1 amide bonds. The minimum Gasteiger partial charge on any atom is -0.360 e. The van der Waals surface area contributed by atoms with Gasteiger partial charge in [-0.25, -0.2) is 0 Å². The van der Waals surface area contributed by atoms with Gasteiger partial charge in [0.2, 0.25) is 0 Å². The van der Waals surface area contributed by atoms with E-state index in [-0.39, 0.29) is 5.91 Å². The van der Waals surface area contributed by atoms with Crippen molar-refractivity contribution >= 4 is 5.91 Å². The number of nitrogens with zero attached hydrogens (tertiary/aromatic N) is 3. The molecule has 1 aliphatic rings. The summed E-state index contributed by atoms with van der Waals surface area (Å²) in [6.07, 6.45) is 2.23. The van der Waals surface area contributed by atoms with Crippen LogP contribution in [0.2, 0.25) is 0 Å². The molecule has 1 fully saturated rings. The molecule has 5 nitrogen and oxygen atoms in total. The maximum absolute atomic E-state index is 12.3. The van der Waals surface area contributed by atoms with Crippen LogP contribution in [-0.2, 0) is 6.54 Å². The van der Waals surface area contributed by atoms with E-state index in [1.165, 1.54) is 0 Å². The maximum atomic E-state index is 12.3. The fourth-order valence-corrected chi connectivity index (χ4v) is 2.18. The van der Waals surface area contributed by atoms with E-state index in [0.29, 0.717) is 23.7 Å². The minimum atomic E-state index is -0.157. The van der Waals surface area contributed by atoms with Crippen LogP contribution >= 0.6 is 0 Å². The number of carbonyl (C=O) groups is 1. The molecule has 0 atom stereocenters. The van der Waals surface area contributed by atoms with Crippen LogP contribution in [0.15, 0.2) is 34.9 Å². The van der Waals surface area contributed by atoms with Gasteiger partial charge in [0, 0.05) is 25.6 Å². The Morgan fingerprint density at radius 1 is 1.43 bits per heavy atom. The second-order valence-electron chi connectivity index (χ2n) is 5.36. The van der Waals surface area contributed by atoms with Gasteiger partial charge in [-0.3, -0.25) is 4.79 Å². The summed E-state index contributed by atoms with van der Waals surface area (Å²) >= 11 is 0. The van der Waals surface area contributed by atoms with E-state index < -0.39 is 0 Å². The van der Waals surface area contributed by atoms with Crippen molar-refractivity contribution in [1.29, 1.82) is 5.26 Å². The summed E-state index contributed by atoms with van der Waals surface area (Å²) in [4.78, 5) is 13.9. The van der Waals surface area contributed by atoms with Gasteiger partial charge in [-0.15, -0.1) is 0 Å². The zero-order chi connectivity index (χ0) is 14.8. The summed E-state index contributed by atoms with van der Waals surface area (Å²) in [5.74, 6) is 1.10. The normalized spacial score (nSPS) is 13.7. The molecule has 1 aliphatic carbocycles. The number of benzene rings is 1. The third-order valence-electron chi connectivity index (χ3n) is 3.58. The largest absolute Gasteiger partial charge is 0.360 e. The van der Waals surface area contributed by atoms with Gasteiger partial charge in [0.15, 0.2) is 5.69 Å². The Labute approximate surface area is 122 Å². The Balaban J connectivity index is 1.66. The molecular weight excluding hydrogens is 266 g/mol. The Hall–Kier alpha value is -2.61. The van der Waals surface area contributed by atoms with Crippen LogP contribution in [0.5, 0.6) is 0 Å². The topological polar surface area (TPSA) is 70.1 Å². The van der Waals surface area contributed by atoms with E-state index >= 15 is 0 Å². The van der Waals surface area contributed by atoms with Crippen LogP contribution in [0.4, 0.5) is 0 Å². The predicted octanol–water partition coefficient (Wildman–Crippen LogP) is 2.70. The first-order valence-corrected chi connectivity index (χ1v) is 6.88. The van der Waals surface area contributed by atoms with Crippen molar-refractivity contribution in [2.24, 2.45) is 0 Å². The Morgan fingerprint density at radius 3 is 2.76 bits per heavy atom. The first-order valence-electron chi connectivity index (χ1n) is 6.88. The van der Waals surface area contributed by atoms with E-state index in [9.17, 15) is 4.79 Å². The average Bonchev–Trinajstić information content (AvgIpc) is 3.25. The van der Waals surface area contributed by atoms with Gasteiger partial charge >= 0.3 is 0 Å². The summed E-state index contributed by atoms with van der Waals surface area (Å²) in [6.45, 7) is 0.468. The molecule has 0 radical (unpaired) electrons. The molecule has 1 aromatic heterocycles. The van der Waals surface area contributed by atoms with Crippen LogP contribution in [0.3, 0.4) is 0 Å². The molecule has 21 heavy (non-hydrogen) atoms. The molecule has 0 spiro atoms. The molecular formula is C16H15N3O2. The van der Waals surface area contributed by atoms with Gasteiger partial charge in [0.25, 0.3) is 5.91 Å². The number of hydrogen-bond acceptors (Lipinski definition) is 4. The first kappa shape index (κ1) is 13.4. The average molecular weight is 281 g/mol. The van der Waals surface area contributed by atoms with Crippen LogP contribution in [0.25, 0.3) is 0 Å². The molecule has 0 bridgehead atoms. The summed E-state index contributed by atoms with van der Waals surface area (Å²) in [7, 11) is 1.73. The maximum Gasteiger partial charge on any atom is 0.276 e. The van der Waals surface area contributed by atoms with Crippen LogP contribution in [-0.4, -0.2) is 23.0 Å². The third-order valence-corrected chi connectivity index (χ3v) is 3.58. The van der Waals surface area contributed by atoms with E-state index in [2.05, 4.69) is 11.2 Å². The molecule has 5 heteroatoms. The highest BCUT2D eigenvalue weighted by atomic mass is 16.5. The molecule has 0 N–H and O–H groups in total. The second-order valence-corrected chi connectivity index (χ2v) is 5.36. The highest BCUT2D eigenvalue weighted by molar-refractivity contribution is 5.92. The standard InChI is InChI=1S/C16H15N3O2/c1-19(10-12-4-2-11(9-17)3-5-12)16(20)14-8-15(21-18-14)13-6-7-13/h2-5,8,13H,6-7,10H2,1H3. The van der Waals surface area contributed by atoms with Gasteiger partial charge < -0.3 is 9.42 Å². The van der Waals surface area contributed by atoms with Gasteiger partial charge in [-0.2, -0.15) is 5.26 Å². The third kappa shape index (κ3) is 2.95. The fourth-order valence-electron chi connectivity index (χ4n) is 2.18. The van der Waals surface area contributed by atoms with E-state index in [0.717, 1.165) is 24.2 Å². The lowest BCUT2D eigenvalue weighted by Gasteiger charge is -2.15. The minimum absolute atomic E-state index is 0.157. The fraction of sp³-hybridized carbons (Fsp3) is 0.312. The number of rotatable bonds is 4. The van der Waals surface area contributed by atoms with Crippen molar-refractivity contribution in [3.05, 3.63) is 52.9 Å². The Bertz CT molecular complexity index is 693. The molecule has 3 rings (SSSR count). The number of hydrogen-bond donors (Lipinski definition) is 0. The number of aromatic nitrogens is 1. The molecule has 1 saturated carbocycles. The van der Waals surface area contributed by atoms with Gasteiger partial charge in [0.1, 0.15) is 5.76 Å². The molecule has 2 aromatic rings. The van der Waals surface area contributed by atoms with Crippen molar-refractivity contribution in [3.63, 3.8) is 0 Å². The second kappa shape index (κ2) is 5.41. The number of carbonyl (C=O) groups excluding carboxylic acids is 1. The molecule has 1 aromatic carbocycles. The quantitative estimate of drug-likeness (QED) is 0.864. The van der Waals surface area contributed by atoms with Gasteiger partial charge in [0.05, 0.1) is 11.6 Å². The van der Waals surface area contributed by atoms with E-state index in [4.69, 9.17) is 9.78 Å². The monoisotopic (exact) mass is 281 g/mol. The predicted molar refractivity (Wildman–Crippen MR) is 75.4 cm³/mol. The zero-order valence-corrected chi connectivity index (χ0v) is 11.7. The molecule has 0 unspecified atom stereocenters. The lowest BCUT2D eigenvalue weighted by molar-refractivity contribution is 0.0774. The smallest absolute Gasteiger partial charge is 0.276 e. The van der Waals surface area contributed by atoms with E-state index in [1.54, 1.807) is 30.1 Å². The number of amides is 1. The molecule has 106 valence electrons. The van der Waals surface area contributed by atoms with Gasteiger partial charge in [-0.1, -0.05) is 17.3 Å². The van der Waals surface area contributed by atoms with E-state index in [1.807, 2.05) is 12.1 Å². The summed E-state index contributed by atoms with van der Waals surface area (Å²) in [5.41, 5.74) is 1.93. The van der Waals surface area contributed by atoms with Gasteiger partial charge in [-0.05, 0) is 30.5 Å². The van der Waals surface area contributed by atoms with Crippen molar-refractivity contribution in [3.8, 4) is 6.07 Å². The Morgan fingerprint density at radius 2 is 2.14 bits per heavy atom. The molecule has 0 aliphatic heterocycles. The molecule has 1 heterocycles. The Kier molecular flexibility index (Phi) is 3.44. The SMILES string of the molecule is CN(Cc1ccc(C#N)cc1)C(=O)c1cc(C2CC2)on1. The highest BCUT2D eigenvalue weighted by Gasteiger charge is 2.29. The number of nitriles is 1. The zero-order valence-electron chi connectivity index (χ0n) is 11.7. The molecule has 0 saturated heterocycles. The van der Waals surface area contributed by atoms with Crippen molar-refractivity contribution in [2.75, 3.05) is 7.05 Å². The highest BCUT2D eigenvalue weighted by Crippen LogP contribution is 2.40. The van der Waals surface area contributed by atoms with Crippen molar-refractivity contribution in [2.45, 2.75) is 25.3 Å². The lowest BCUT2D eigenvalue weighted by Crippen LogP contribution is -2.26. The van der Waals surface area contributed by atoms with Crippen LogP contribution < -0.4 is 0 Å². The van der Waals surface area contributed by atoms with Crippen LogP contribution in [0, 0.1) is 11.3 Å². The van der Waals surface area contributed by atoms with Crippen molar-refractivity contribution in [1.82, 2.24) is 10.1 Å². The summed E-state index contributed by atoms with van der Waals surface area (Å²) < 4.78 is 5.21. The van der Waals surface area contributed by atoms with Crippen LogP contribution in [0.1, 0.15) is 46.1 Å². The summed E-state index contributed by atoms with van der Waals surface area (Å²) in [5, 5.41) is 12.6. The first-order chi connectivity index (χ1) is 10.2.